The first-order valence-corrected chi connectivity index (χ1v) is 8.12. The predicted molar refractivity (Wildman–Crippen MR) is 70.0 cm³/mol. The molecule has 0 unspecified atom stereocenters. The molecule has 5 heteroatoms. The molecular formula is C13H18FNO2S. The number of sulfone groups is 1. The van der Waals surface area contributed by atoms with Crippen molar-refractivity contribution in [2.24, 2.45) is 0 Å². The molecule has 0 aliphatic heterocycles. The predicted octanol–water partition coefficient (Wildman–Crippen LogP) is 2.97. The molecule has 1 fully saturated rings. The lowest BCUT2D eigenvalue weighted by atomic mass is 9.95. The van der Waals surface area contributed by atoms with Crippen LogP contribution in [0.3, 0.4) is 0 Å². The summed E-state index contributed by atoms with van der Waals surface area (Å²) >= 11 is 0. The average molecular weight is 271 g/mol. The van der Waals surface area contributed by atoms with Gasteiger partial charge in [0.25, 0.3) is 0 Å². The van der Waals surface area contributed by atoms with Gasteiger partial charge in [0, 0.05) is 12.3 Å². The summed E-state index contributed by atoms with van der Waals surface area (Å²) in [5.41, 5.74) is 0.398. The molecule has 0 radical (unpaired) electrons. The van der Waals surface area contributed by atoms with E-state index in [4.69, 9.17) is 0 Å². The van der Waals surface area contributed by atoms with Crippen LogP contribution in [0.15, 0.2) is 23.1 Å². The molecule has 0 spiro atoms. The molecule has 1 saturated carbocycles. The summed E-state index contributed by atoms with van der Waals surface area (Å²) in [6.07, 6.45) is 6.76. The van der Waals surface area contributed by atoms with Crippen molar-refractivity contribution < 1.29 is 12.8 Å². The number of nitrogens with one attached hydrogen (secondary N) is 1. The lowest BCUT2D eigenvalue weighted by Crippen LogP contribution is -2.22. The van der Waals surface area contributed by atoms with Gasteiger partial charge in [-0.3, -0.25) is 0 Å². The fraction of sp³-hybridized carbons (Fsp3) is 0.538. The summed E-state index contributed by atoms with van der Waals surface area (Å²) in [6.45, 7) is 0. The van der Waals surface area contributed by atoms with Gasteiger partial charge < -0.3 is 5.32 Å². The highest BCUT2D eigenvalue weighted by Crippen LogP contribution is 2.24. The second-order valence-corrected chi connectivity index (χ2v) is 6.91. The van der Waals surface area contributed by atoms with Crippen molar-refractivity contribution in [2.45, 2.75) is 43.0 Å². The first kappa shape index (κ1) is 13.3. The highest BCUT2D eigenvalue weighted by molar-refractivity contribution is 7.90. The molecule has 0 aromatic heterocycles. The van der Waals surface area contributed by atoms with Crippen molar-refractivity contribution >= 4 is 15.5 Å². The SMILES string of the molecule is CS(=O)(=O)c1ccc(NC2CCCCC2)c(F)c1. The van der Waals surface area contributed by atoms with E-state index in [1.165, 1.54) is 31.4 Å². The minimum Gasteiger partial charge on any atom is -0.380 e. The van der Waals surface area contributed by atoms with Crippen LogP contribution < -0.4 is 5.32 Å². The van der Waals surface area contributed by atoms with Crippen molar-refractivity contribution in [1.82, 2.24) is 0 Å². The third-order valence-corrected chi connectivity index (χ3v) is 4.44. The van der Waals surface area contributed by atoms with Crippen LogP contribution in [0.4, 0.5) is 10.1 Å². The summed E-state index contributed by atoms with van der Waals surface area (Å²) in [7, 11) is -3.34. The van der Waals surface area contributed by atoms with Crippen molar-refractivity contribution in [3.05, 3.63) is 24.0 Å². The van der Waals surface area contributed by atoms with Crippen LogP contribution in [0.1, 0.15) is 32.1 Å². The van der Waals surface area contributed by atoms with Gasteiger partial charge in [0.2, 0.25) is 0 Å². The molecule has 1 aliphatic carbocycles. The van der Waals surface area contributed by atoms with E-state index in [-0.39, 0.29) is 4.90 Å². The van der Waals surface area contributed by atoms with E-state index in [1.807, 2.05) is 0 Å². The van der Waals surface area contributed by atoms with Crippen LogP contribution in [0, 0.1) is 5.82 Å². The maximum atomic E-state index is 13.8. The molecule has 2 rings (SSSR count). The first-order valence-electron chi connectivity index (χ1n) is 6.23. The number of benzene rings is 1. The van der Waals surface area contributed by atoms with Gasteiger partial charge in [0.1, 0.15) is 5.82 Å². The first-order chi connectivity index (χ1) is 8.47. The van der Waals surface area contributed by atoms with Crippen molar-refractivity contribution in [3.8, 4) is 0 Å². The third-order valence-electron chi connectivity index (χ3n) is 3.33. The van der Waals surface area contributed by atoms with Crippen LogP contribution in [0.25, 0.3) is 0 Å². The molecule has 1 aromatic carbocycles. The van der Waals surface area contributed by atoms with Crippen LogP contribution >= 0.6 is 0 Å². The molecule has 0 amide bonds. The molecule has 0 atom stereocenters. The Kier molecular flexibility index (Phi) is 3.90. The zero-order valence-corrected chi connectivity index (χ0v) is 11.3. The number of rotatable bonds is 3. The van der Waals surface area contributed by atoms with Crippen LogP contribution in [0.2, 0.25) is 0 Å². The van der Waals surface area contributed by atoms with Gasteiger partial charge in [-0.2, -0.15) is 0 Å². The molecule has 0 bridgehead atoms. The fourth-order valence-electron chi connectivity index (χ4n) is 2.31. The smallest absolute Gasteiger partial charge is 0.175 e. The summed E-state index contributed by atoms with van der Waals surface area (Å²) in [4.78, 5) is 0.0224. The van der Waals surface area contributed by atoms with E-state index in [1.54, 1.807) is 0 Å². The topological polar surface area (TPSA) is 46.2 Å². The van der Waals surface area contributed by atoms with E-state index in [0.717, 1.165) is 25.2 Å². The summed E-state index contributed by atoms with van der Waals surface area (Å²) in [5, 5.41) is 3.16. The van der Waals surface area contributed by atoms with E-state index >= 15 is 0 Å². The molecule has 1 aromatic rings. The zero-order chi connectivity index (χ0) is 13.2. The molecule has 0 heterocycles. The largest absolute Gasteiger partial charge is 0.380 e. The van der Waals surface area contributed by atoms with Crippen molar-refractivity contribution in [3.63, 3.8) is 0 Å². The minimum atomic E-state index is -3.34. The summed E-state index contributed by atoms with van der Waals surface area (Å²) in [5.74, 6) is -0.497. The Morgan fingerprint density at radius 1 is 1.22 bits per heavy atom. The summed E-state index contributed by atoms with van der Waals surface area (Å²) in [6, 6.07) is 4.35. The van der Waals surface area contributed by atoms with Crippen LogP contribution in [-0.4, -0.2) is 20.7 Å². The minimum absolute atomic E-state index is 0.0224. The fourth-order valence-corrected chi connectivity index (χ4v) is 2.94. The quantitative estimate of drug-likeness (QED) is 0.919. The second kappa shape index (κ2) is 5.26. The lowest BCUT2D eigenvalue weighted by molar-refractivity contribution is 0.460. The van der Waals surface area contributed by atoms with Crippen LogP contribution in [-0.2, 0) is 9.84 Å². The average Bonchev–Trinajstić information content (AvgIpc) is 2.32. The van der Waals surface area contributed by atoms with Gasteiger partial charge in [-0.15, -0.1) is 0 Å². The Balaban J connectivity index is 2.14. The maximum absolute atomic E-state index is 13.8. The standard InChI is InChI=1S/C13H18FNO2S/c1-18(16,17)11-7-8-13(12(14)9-11)15-10-5-3-2-4-6-10/h7-10,15H,2-6H2,1H3. The second-order valence-electron chi connectivity index (χ2n) is 4.89. The monoisotopic (exact) mass is 271 g/mol. The van der Waals surface area contributed by atoms with Gasteiger partial charge >= 0.3 is 0 Å². The highest BCUT2D eigenvalue weighted by atomic mass is 32.2. The number of hydrogen-bond donors (Lipinski definition) is 1. The molecule has 1 N–H and O–H groups in total. The van der Waals surface area contributed by atoms with Gasteiger partial charge in [0.15, 0.2) is 9.84 Å². The van der Waals surface area contributed by atoms with E-state index < -0.39 is 15.7 Å². The number of halogens is 1. The van der Waals surface area contributed by atoms with Gasteiger partial charge in [0.05, 0.1) is 10.6 Å². The van der Waals surface area contributed by atoms with E-state index in [9.17, 15) is 12.8 Å². The molecule has 3 nitrogen and oxygen atoms in total. The highest BCUT2D eigenvalue weighted by Gasteiger charge is 2.16. The van der Waals surface area contributed by atoms with Crippen molar-refractivity contribution in [1.29, 1.82) is 0 Å². The maximum Gasteiger partial charge on any atom is 0.175 e. The third kappa shape index (κ3) is 3.22. The Labute approximate surface area is 107 Å². The van der Waals surface area contributed by atoms with Gasteiger partial charge in [-0.1, -0.05) is 19.3 Å². The van der Waals surface area contributed by atoms with E-state index in [0.29, 0.717) is 11.7 Å². The van der Waals surface area contributed by atoms with Gasteiger partial charge in [-0.25, -0.2) is 12.8 Å². The molecular weight excluding hydrogens is 253 g/mol. The molecule has 18 heavy (non-hydrogen) atoms. The summed E-state index contributed by atoms with van der Waals surface area (Å²) < 4.78 is 36.4. The number of anilines is 1. The van der Waals surface area contributed by atoms with Crippen LogP contribution in [0.5, 0.6) is 0 Å². The normalized spacial score (nSPS) is 17.7. The zero-order valence-electron chi connectivity index (χ0n) is 10.4. The van der Waals surface area contributed by atoms with Gasteiger partial charge in [-0.05, 0) is 31.0 Å². The Bertz CT molecular complexity index is 522. The molecule has 0 saturated heterocycles. The molecule has 100 valence electrons. The molecule has 1 aliphatic rings. The Morgan fingerprint density at radius 2 is 1.89 bits per heavy atom. The Hall–Kier alpha value is -1.10. The Morgan fingerprint density at radius 3 is 2.44 bits per heavy atom. The van der Waals surface area contributed by atoms with E-state index in [2.05, 4.69) is 5.32 Å². The van der Waals surface area contributed by atoms with Crippen molar-refractivity contribution in [2.75, 3.05) is 11.6 Å². The lowest BCUT2D eigenvalue weighted by Gasteiger charge is -2.24. The number of hydrogen-bond acceptors (Lipinski definition) is 3.